The molecule has 0 bridgehead atoms. The van der Waals surface area contributed by atoms with E-state index in [2.05, 4.69) is 30.7 Å². The molecule has 4 heteroatoms. The number of para-hydroxylation sites is 1. The predicted molar refractivity (Wildman–Crippen MR) is 77.8 cm³/mol. The molecule has 1 aliphatic rings. The van der Waals surface area contributed by atoms with Crippen LogP contribution in [-0.2, 0) is 22.4 Å². The number of methoxy groups -OCH3 is 1. The van der Waals surface area contributed by atoms with E-state index in [0.29, 0.717) is 12.8 Å². The van der Waals surface area contributed by atoms with Gasteiger partial charge in [0.2, 0.25) is 0 Å². The fourth-order valence-corrected chi connectivity index (χ4v) is 2.63. The molecule has 1 aliphatic heterocycles. The molecule has 1 unspecified atom stereocenters. The number of carbonyl (C=O) groups is 1. The van der Waals surface area contributed by atoms with Crippen LogP contribution in [0, 0.1) is 0 Å². The van der Waals surface area contributed by atoms with Gasteiger partial charge in [-0.1, -0.05) is 18.2 Å². The summed E-state index contributed by atoms with van der Waals surface area (Å²) in [6.45, 7) is 4.18. The molecule has 2 rings (SSSR count). The monoisotopic (exact) mass is 277 g/mol. The summed E-state index contributed by atoms with van der Waals surface area (Å²) in [6.07, 6.45) is 2.63. The van der Waals surface area contributed by atoms with Crippen LogP contribution in [0.1, 0.15) is 37.8 Å². The van der Waals surface area contributed by atoms with Gasteiger partial charge in [-0.2, -0.15) is 0 Å². The molecule has 0 aliphatic carbocycles. The highest BCUT2D eigenvalue weighted by atomic mass is 16.5. The van der Waals surface area contributed by atoms with Gasteiger partial charge in [-0.25, -0.2) is 0 Å². The first-order chi connectivity index (χ1) is 9.41. The van der Waals surface area contributed by atoms with Crippen LogP contribution in [-0.4, -0.2) is 24.7 Å². The Morgan fingerprint density at radius 1 is 1.50 bits per heavy atom. The van der Waals surface area contributed by atoms with Crippen LogP contribution in [0.15, 0.2) is 18.2 Å². The van der Waals surface area contributed by atoms with Gasteiger partial charge >= 0.3 is 5.97 Å². The molecule has 0 fully saturated rings. The maximum Gasteiger partial charge on any atom is 0.305 e. The largest absolute Gasteiger partial charge is 0.487 e. The number of benzene rings is 1. The molecule has 0 spiro atoms. The number of fused-ring (bicyclic) bond motifs is 1. The van der Waals surface area contributed by atoms with E-state index in [-0.39, 0.29) is 17.6 Å². The summed E-state index contributed by atoms with van der Waals surface area (Å²) >= 11 is 0. The zero-order valence-corrected chi connectivity index (χ0v) is 12.4. The molecule has 0 saturated heterocycles. The van der Waals surface area contributed by atoms with Gasteiger partial charge in [0.05, 0.1) is 7.11 Å². The van der Waals surface area contributed by atoms with E-state index in [9.17, 15) is 4.79 Å². The van der Waals surface area contributed by atoms with Gasteiger partial charge in [-0.05, 0) is 37.8 Å². The number of hydrogen-bond acceptors (Lipinski definition) is 4. The number of nitrogens with two attached hydrogens (primary N) is 1. The van der Waals surface area contributed by atoms with Crippen LogP contribution in [0.5, 0.6) is 5.75 Å². The van der Waals surface area contributed by atoms with Gasteiger partial charge in [-0.3, -0.25) is 4.79 Å². The lowest BCUT2D eigenvalue weighted by molar-refractivity contribution is -0.140. The zero-order valence-electron chi connectivity index (χ0n) is 12.4. The fraction of sp³-hybridized carbons (Fsp3) is 0.562. The summed E-state index contributed by atoms with van der Waals surface area (Å²) in [5.74, 6) is 0.766. The summed E-state index contributed by atoms with van der Waals surface area (Å²) in [5, 5.41) is 0. The third kappa shape index (κ3) is 3.51. The van der Waals surface area contributed by atoms with Crippen LogP contribution in [0.3, 0.4) is 0 Å². The van der Waals surface area contributed by atoms with Crippen LogP contribution >= 0.6 is 0 Å². The normalized spacial score (nSPS) is 17.2. The lowest BCUT2D eigenvalue weighted by Crippen LogP contribution is -2.26. The van der Waals surface area contributed by atoms with Crippen molar-refractivity contribution in [3.63, 3.8) is 0 Å². The van der Waals surface area contributed by atoms with Gasteiger partial charge < -0.3 is 15.2 Å². The van der Waals surface area contributed by atoms with E-state index in [1.807, 2.05) is 6.07 Å². The molecule has 110 valence electrons. The number of hydrogen-bond donors (Lipinski definition) is 1. The Balaban J connectivity index is 2.01. The Labute approximate surface area is 120 Å². The topological polar surface area (TPSA) is 61.5 Å². The molecule has 0 amide bonds. The van der Waals surface area contributed by atoms with Crippen molar-refractivity contribution in [2.75, 3.05) is 7.11 Å². The molecular weight excluding hydrogens is 254 g/mol. The van der Waals surface area contributed by atoms with Gasteiger partial charge in [0.25, 0.3) is 0 Å². The molecule has 1 heterocycles. The van der Waals surface area contributed by atoms with Crippen molar-refractivity contribution in [3.8, 4) is 5.75 Å². The van der Waals surface area contributed by atoms with E-state index in [1.54, 1.807) is 0 Å². The van der Waals surface area contributed by atoms with E-state index in [0.717, 1.165) is 24.2 Å². The van der Waals surface area contributed by atoms with Gasteiger partial charge in [-0.15, -0.1) is 0 Å². The summed E-state index contributed by atoms with van der Waals surface area (Å²) in [4.78, 5) is 11.1. The summed E-state index contributed by atoms with van der Waals surface area (Å²) in [7, 11) is 1.40. The molecule has 0 saturated carbocycles. The van der Waals surface area contributed by atoms with Crippen molar-refractivity contribution >= 4 is 5.97 Å². The first-order valence-corrected chi connectivity index (χ1v) is 7.03. The van der Waals surface area contributed by atoms with Crippen molar-refractivity contribution in [3.05, 3.63) is 29.3 Å². The minimum Gasteiger partial charge on any atom is -0.487 e. The predicted octanol–water partition coefficient (Wildman–Crippen LogP) is 2.22. The van der Waals surface area contributed by atoms with Crippen LogP contribution < -0.4 is 10.5 Å². The SMILES string of the molecule is COC(=O)CCC(N)Cc1cccc2c1OC(C)(C)C2. The Bertz CT molecular complexity index is 496. The average Bonchev–Trinajstić information content (AvgIpc) is 2.71. The van der Waals surface area contributed by atoms with Crippen LogP contribution in [0.25, 0.3) is 0 Å². The van der Waals surface area contributed by atoms with Gasteiger partial charge in [0.1, 0.15) is 11.4 Å². The molecule has 4 nitrogen and oxygen atoms in total. The Kier molecular flexibility index (Phi) is 4.33. The molecule has 0 radical (unpaired) electrons. The fourth-order valence-electron chi connectivity index (χ4n) is 2.63. The van der Waals surface area contributed by atoms with E-state index >= 15 is 0 Å². The Hall–Kier alpha value is -1.55. The van der Waals surface area contributed by atoms with Crippen molar-refractivity contribution < 1.29 is 14.3 Å². The molecule has 2 N–H and O–H groups in total. The Morgan fingerprint density at radius 2 is 2.25 bits per heavy atom. The molecular formula is C16H23NO3. The number of esters is 1. The highest BCUT2D eigenvalue weighted by Gasteiger charge is 2.31. The zero-order chi connectivity index (χ0) is 14.8. The van der Waals surface area contributed by atoms with Crippen molar-refractivity contribution in [1.82, 2.24) is 0 Å². The molecule has 20 heavy (non-hydrogen) atoms. The molecule has 0 aromatic heterocycles. The quantitative estimate of drug-likeness (QED) is 0.838. The van der Waals surface area contributed by atoms with Gasteiger partial charge in [0, 0.05) is 18.9 Å². The second-order valence-electron chi connectivity index (χ2n) is 6.02. The lowest BCUT2D eigenvalue weighted by atomic mass is 9.97. The maximum atomic E-state index is 11.1. The highest BCUT2D eigenvalue weighted by molar-refractivity contribution is 5.69. The van der Waals surface area contributed by atoms with Crippen LogP contribution in [0.2, 0.25) is 0 Å². The molecule has 1 aromatic rings. The van der Waals surface area contributed by atoms with E-state index < -0.39 is 0 Å². The Morgan fingerprint density at radius 3 is 2.95 bits per heavy atom. The first-order valence-electron chi connectivity index (χ1n) is 7.03. The van der Waals surface area contributed by atoms with Crippen LogP contribution in [0.4, 0.5) is 0 Å². The second kappa shape index (κ2) is 5.83. The smallest absolute Gasteiger partial charge is 0.305 e. The average molecular weight is 277 g/mol. The van der Waals surface area contributed by atoms with Crippen molar-refractivity contribution in [1.29, 1.82) is 0 Å². The third-order valence-electron chi connectivity index (χ3n) is 3.60. The van der Waals surface area contributed by atoms with E-state index in [4.69, 9.17) is 10.5 Å². The highest BCUT2D eigenvalue weighted by Crippen LogP contribution is 2.38. The molecule has 1 aromatic carbocycles. The standard InChI is InChI=1S/C16H23NO3/c1-16(2)10-12-6-4-5-11(15(12)20-16)9-13(17)7-8-14(18)19-3/h4-6,13H,7-10,17H2,1-3H3. The summed E-state index contributed by atoms with van der Waals surface area (Å²) < 4.78 is 10.7. The van der Waals surface area contributed by atoms with E-state index in [1.165, 1.54) is 12.7 Å². The van der Waals surface area contributed by atoms with Gasteiger partial charge in [0.15, 0.2) is 0 Å². The summed E-state index contributed by atoms with van der Waals surface area (Å²) in [6, 6.07) is 6.14. The molecule has 1 atom stereocenters. The maximum absolute atomic E-state index is 11.1. The number of carbonyl (C=O) groups excluding carboxylic acids is 1. The first kappa shape index (κ1) is 14.9. The minimum absolute atomic E-state index is 0.0621. The second-order valence-corrected chi connectivity index (χ2v) is 6.02. The minimum atomic E-state index is -0.212. The van der Waals surface area contributed by atoms with Crippen molar-refractivity contribution in [2.45, 2.75) is 51.2 Å². The number of ether oxygens (including phenoxy) is 2. The summed E-state index contributed by atoms with van der Waals surface area (Å²) in [5.41, 5.74) is 8.34. The van der Waals surface area contributed by atoms with Crippen molar-refractivity contribution in [2.24, 2.45) is 5.73 Å². The lowest BCUT2D eigenvalue weighted by Gasteiger charge is -2.19. The third-order valence-corrected chi connectivity index (χ3v) is 3.60. The number of rotatable bonds is 5.